The number of nitrogens with one attached hydrogen (secondary N) is 2. The second-order valence-corrected chi connectivity index (χ2v) is 7.36. The van der Waals surface area contributed by atoms with E-state index < -0.39 is 6.10 Å². The Balaban J connectivity index is 1.46. The van der Waals surface area contributed by atoms with Crippen molar-refractivity contribution in [3.63, 3.8) is 0 Å². The van der Waals surface area contributed by atoms with Gasteiger partial charge in [0.2, 0.25) is 5.91 Å². The smallest absolute Gasteiger partial charge is 0.238 e. The molecular weight excluding hydrogens is 354 g/mol. The van der Waals surface area contributed by atoms with Crippen LogP contribution in [0.3, 0.4) is 0 Å². The summed E-state index contributed by atoms with van der Waals surface area (Å²) in [5.41, 5.74) is 3.39. The van der Waals surface area contributed by atoms with Gasteiger partial charge in [-0.1, -0.05) is 30.3 Å². The van der Waals surface area contributed by atoms with Gasteiger partial charge in [-0.05, 0) is 43.5 Å². The first kappa shape index (κ1) is 20.3. The van der Waals surface area contributed by atoms with E-state index in [1.54, 1.807) is 13.0 Å². The minimum absolute atomic E-state index is 0.0262. The molecule has 1 saturated heterocycles. The molecule has 0 spiro atoms. The number of hydrogen-bond acceptors (Lipinski definition) is 5. The average Bonchev–Trinajstić information content (AvgIpc) is 2.70. The van der Waals surface area contributed by atoms with Gasteiger partial charge < -0.3 is 20.8 Å². The van der Waals surface area contributed by atoms with Crippen LogP contribution in [0.15, 0.2) is 48.5 Å². The van der Waals surface area contributed by atoms with Gasteiger partial charge in [-0.3, -0.25) is 9.69 Å². The van der Waals surface area contributed by atoms with Gasteiger partial charge in [-0.15, -0.1) is 0 Å². The highest BCUT2D eigenvalue weighted by molar-refractivity contribution is 5.92. The molecule has 1 unspecified atom stereocenters. The molecule has 4 N–H and O–H groups in total. The number of rotatable bonds is 7. The molecule has 1 aliphatic heterocycles. The van der Waals surface area contributed by atoms with E-state index in [0.717, 1.165) is 42.7 Å². The Hall–Kier alpha value is -2.41. The summed E-state index contributed by atoms with van der Waals surface area (Å²) in [5, 5.41) is 25.6. The number of benzene rings is 2. The van der Waals surface area contributed by atoms with Crippen molar-refractivity contribution in [3.8, 4) is 0 Å². The van der Waals surface area contributed by atoms with E-state index in [2.05, 4.69) is 15.5 Å². The first-order chi connectivity index (χ1) is 13.5. The predicted molar refractivity (Wildman–Crippen MR) is 111 cm³/mol. The van der Waals surface area contributed by atoms with Gasteiger partial charge in [0.05, 0.1) is 19.3 Å². The molecule has 6 heteroatoms. The van der Waals surface area contributed by atoms with Gasteiger partial charge in [0.15, 0.2) is 0 Å². The number of para-hydroxylation sites is 1. The molecule has 0 aliphatic carbocycles. The molecule has 0 saturated carbocycles. The van der Waals surface area contributed by atoms with Gasteiger partial charge in [-0.25, -0.2) is 0 Å². The average molecular weight is 383 g/mol. The maximum atomic E-state index is 12.4. The number of likely N-dealkylation sites (tertiary alicyclic amines) is 1. The quantitative estimate of drug-likeness (QED) is 0.591. The molecule has 1 atom stereocenters. The number of carbonyl (C=O) groups is 1. The van der Waals surface area contributed by atoms with E-state index in [4.69, 9.17) is 0 Å². The predicted octanol–water partition coefficient (Wildman–Crippen LogP) is 2.75. The Morgan fingerprint density at radius 1 is 1.18 bits per heavy atom. The lowest BCUT2D eigenvalue weighted by Crippen LogP contribution is -2.42. The number of anilines is 2. The maximum absolute atomic E-state index is 12.4. The van der Waals surface area contributed by atoms with E-state index in [1.807, 2.05) is 42.5 Å². The van der Waals surface area contributed by atoms with Crippen LogP contribution < -0.4 is 10.6 Å². The molecule has 6 nitrogen and oxygen atoms in total. The lowest BCUT2D eigenvalue weighted by Gasteiger charge is -2.32. The van der Waals surface area contributed by atoms with E-state index >= 15 is 0 Å². The van der Waals surface area contributed by atoms with Crippen LogP contribution in [0.5, 0.6) is 0 Å². The van der Waals surface area contributed by atoms with Crippen LogP contribution in [0.1, 0.15) is 37.0 Å². The minimum atomic E-state index is -0.556. The minimum Gasteiger partial charge on any atom is -0.392 e. The first-order valence-corrected chi connectivity index (χ1v) is 9.80. The number of aliphatic hydroxyl groups excluding tert-OH is 2. The highest BCUT2D eigenvalue weighted by Crippen LogP contribution is 2.21. The molecule has 0 bridgehead atoms. The molecule has 1 fully saturated rings. The topological polar surface area (TPSA) is 84.8 Å². The molecule has 1 heterocycles. The van der Waals surface area contributed by atoms with Crippen LogP contribution in [0.2, 0.25) is 0 Å². The SMILES string of the molecule is CC(O)c1cccc(NC(=O)CN2CCC(Nc3ccccc3CO)CC2)c1. The van der Waals surface area contributed by atoms with Crippen LogP contribution in [-0.2, 0) is 11.4 Å². The first-order valence-electron chi connectivity index (χ1n) is 9.80. The summed E-state index contributed by atoms with van der Waals surface area (Å²) >= 11 is 0. The van der Waals surface area contributed by atoms with Crippen molar-refractivity contribution in [3.05, 3.63) is 59.7 Å². The van der Waals surface area contributed by atoms with Gasteiger partial charge in [-0.2, -0.15) is 0 Å². The summed E-state index contributed by atoms with van der Waals surface area (Å²) in [7, 11) is 0. The number of nitrogens with zero attached hydrogens (tertiary/aromatic N) is 1. The summed E-state index contributed by atoms with van der Waals surface area (Å²) in [6.45, 7) is 3.79. The van der Waals surface area contributed by atoms with Gasteiger partial charge in [0, 0.05) is 36.1 Å². The number of piperidine rings is 1. The lowest BCUT2D eigenvalue weighted by atomic mass is 10.0. The standard InChI is InChI=1S/C22H29N3O3/c1-16(27)17-6-4-7-20(13-17)24-22(28)14-25-11-9-19(10-12-25)23-21-8-3-2-5-18(21)15-26/h2-8,13,16,19,23,26-27H,9-12,14-15H2,1H3,(H,24,28). The lowest BCUT2D eigenvalue weighted by molar-refractivity contribution is -0.117. The van der Waals surface area contributed by atoms with Crippen molar-refractivity contribution in [2.24, 2.45) is 0 Å². The largest absolute Gasteiger partial charge is 0.392 e. The zero-order chi connectivity index (χ0) is 19.9. The second-order valence-electron chi connectivity index (χ2n) is 7.36. The number of hydrogen-bond donors (Lipinski definition) is 4. The summed E-state index contributed by atoms with van der Waals surface area (Å²) in [6, 6.07) is 15.5. The third-order valence-corrected chi connectivity index (χ3v) is 5.15. The number of carbonyl (C=O) groups excluding carboxylic acids is 1. The van der Waals surface area contributed by atoms with Crippen molar-refractivity contribution >= 4 is 17.3 Å². The molecule has 0 aromatic heterocycles. The monoisotopic (exact) mass is 383 g/mol. The van der Waals surface area contributed by atoms with Crippen molar-refractivity contribution in [1.82, 2.24) is 4.90 Å². The highest BCUT2D eigenvalue weighted by Gasteiger charge is 2.21. The molecule has 3 rings (SSSR count). The summed E-state index contributed by atoms with van der Waals surface area (Å²) < 4.78 is 0. The zero-order valence-corrected chi connectivity index (χ0v) is 16.3. The molecule has 0 radical (unpaired) electrons. The van der Waals surface area contributed by atoms with E-state index in [0.29, 0.717) is 18.3 Å². The molecule has 1 aliphatic rings. The van der Waals surface area contributed by atoms with Crippen LogP contribution >= 0.6 is 0 Å². The maximum Gasteiger partial charge on any atom is 0.238 e. The Kier molecular flexibility index (Phi) is 7.03. The summed E-state index contributed by atoms with van der Waals surface area (Å²) in [4.78, 5) is 14.5. The molecule has 150 valence electrons. The Morgan fingerprint density at radius 2 is 1.93 bits per heavy atom. The summed E-state index contributed by atoms with van der Waals surface area (Å²) in [5.74, 6) is -0.0419. The molecule has 2 aromatic carbocycles. The van der Waals surface area contributed by atoms with Crippen LogP contribution in [0.4, 0.5) is 11.4 Å². The van der Waals surface area contributed by atoms with Gasteiger partial charge in [0.1, 0.15) is 0 Å². The normalized spacial score (nSPS) is 16.5. The zero-order valence-electron chi connectivity index (χ0n) is 16.3. The molecule has 28 heavy (non-hydrogen) atoms. The van der Waals surface area contributed by atoms with Crippen molar-refractivity contribution in [2.75, 3.05) is 30.3 Å². The summed E-state index contributed by atoms with van der Waals surface area (Å²) in [6.07, 6.45) is 1.34. The fraction of sp³-hybridized carbons (Fsp3) is 0.409. The second kappa shape index (κ2) is 9.68. The fourth-order valence-corrected chi connectivity index (χ4v) is 3.53. The third-order valence-electron chi connectivity index (χ3n) is 5.15. The Labute approximate surface area is 166 Å². The third kappa shape index (κ3) is 5.55. The number of aliphatic hydroxyl groups is 2. The van der Waals surface area contributed by atoms with Crippen molar-refractivity contribution < 1.29 is 15.0 Å². The van der Waals surface area contributed by atoms with Crippen LogP contribution in [-0.4, -0.2) is 46.7 Å². The van der Waals surface area contributed by atoms with Crippen LogP contribution in [0.25, 0.3) is 0 Å². The molecular formula is C22H29N3O3. The molecule has 1 amide bonds. The van der Waals surface area contributed by atoms with Crippen molar-refractivity contribution in [2.45, 2.75) is 38.5 Å². The van der Waals surface area contributed by atoms with Gasteiger partial charge in [0.25, 0.3) is 0 Å². The van der Waals surface area contributed by atoms with Gasteiger partial charge >= 0.3 is 0 Å². The fourth-order valence-electron chi connectivity index (χ4n) is 3.53. The Bertz CT molecular complexity index is 786. The number of amides is 1. The highest BCUT2D eigenvalue weighted by atomic mass is 16.3. The van der Waals surface area contributed by atoms with Crippen molar-refractivity contribution in [1.29, 1.82) is 0 Å². The van der Waals surface area contributed by atoms with E-state index in [1.165, 1.54) is 0 Å². The van der Waals surface area contributed by atoms with E-state index in [9.17, 15) is 15.0 Å². The van der Waals surface area contributed by atoms with Crippen LogP contribution in [0, 0.1) is 0 Å². The van der Waals surface area contributed by atoms with E-state index in [-0.39, 0.29) is 12.5 Å². The molecule has 2 aromatic rings. The Morgan fingerprint density at radius 3 is 2.64 bits per heavy atom.